The predicted octanol–water partition coefficient (Wildman–Crippen LogP) is 4.34. The van der Waals surface area contributed by atoms with Gasteiger partial charge in [-0.2, -0.15) is 0 Å². The lowest BCUT2D eigenvalue weighted by Crippen LogP contribution is -2.46. The summed E-state index contributed by atoms with van der Waals surface area (Å²) in [5, 5.41) is 3.27. The van der Waals surface area contributed by atoms with E-state index < -0.39 is 5.82 Å². The average molecular weight is 488 g/mol. The number of rotatable bonds is 7. The van der Waals surface area contributed by atoms with E-state index in [9.17, 15) is 9.18 Å². The molecule has 1 fully saturated rings. The molecule has 172 valence electrons. The Morgan fingerprint density at radius 3 is 2.48 bits per heavy atom. The van der Waals surface area contributed by atoms with Crippen LogP contribution in [0, 0.1) is 5.82 Å². The highest BCUT2D eigenvalue weighted by atomic mass is 35.5. The molecule has 0 spiro atoms. The maximum absolute atomic E-state index is 13.7. The third-order valence-electron chi connectivity index (χ3n) is 5.18. The van der Waals surface area contributed by atoms with Crippen LogP contribution >= 0.6 is 23.4 Å². The Kier molecular flexibility index (Phi) is 7.51. The second-order valence-corrected chi connectivity index (χ2v) is 8.65. The summed E-state index contributed by atoms with van der Waals surface area (Å²) in [4.78, 5) is 25.5. The van der Waals surface area contributed by atoms with E-state index in [2.05, 4.69) is 37.2 Å². The van der Waals surface area contributed by atoms with E-state index >= 15 is 0 Å². The first kappa shape index (κ1) is 23.1. The summed E-state index contributed by atoms with van der Waals surface area (Å²) in [6.07, 6.45) is 0. The van der Waals surface area contributed by atoms with Crippen molar-refractivity contribution >= 4 is 46.5 Å². The summed E-state index contributed by atoms with van der Waals surface area (Å²) in [6.45, 7) is 3.22. The normalized spacial score (nSPS) is 13.7. The second-order valence-electron chi connectivity index (χ2n) is 7.32. The molecule has 2 heterocycles. The number of anilines is 3. The fourth-order valence-corrected chi connectivity index (χ4v) is 4.36. The molecule has 1 aromatic heterocycles. The van der Waals surface area contributed by atoms with Gasteiger partial charge in [-0.15, -0.1) is 0 Å². The molecule has 4 rings (SSSR count). The van der Waals surface area contributed by atoms with Gasteiger partial charge in [0, 0.05) is 37.9 Å². The van der Waals surface area contributed by atoms with E-state index in [0.29, 0.717) is 10.3 Å². The molecule has 1 saturated heterocycles. The molecule has 3 aromatic rings. The number of carbonyl (C=O) groups excluding carboxylic acids is 1. The monoisotopic (exact) mass is 487 g/mol. The van der Waals surface area contributed by atoms with Crippen LogP contribution in [0.1, 0.15) is 0 Å². The van der Waals surface area contributed by atoms with Crippen LogP contribution in [0.25, 0.3) is 0 Å². The summed E-state index contributed by atoms with van der Waals surface area (Å²) in [5.41, 5.74) is 1.29. The van der Waals surface area contributed by atoms with Gasteiger partial charge >= 0.3 is 0 Å². The minimum atomic E-state index is -0.481. The van der Waals surface area contributed by atoms with Crippen molar-refractivity contribution in [3.05, 3.63) is 65.6 Å². The van der Waals surface area contributed by atoms with Gasteiger partial charge in [-0.1, -0.05) is 35.5 Å². The number of hydrogen-bond acceptors (Lipinski definition) is 7. The van der Waals surface area contributed by atoms with Crippen molar-refractivity contribution in [3.8, 4) is 5.75 Å². The zero-order chi connectivity index (χ0) is 23.2. The third kappa shape index (κ3) is 6.06. The second kappa shape index (κ2) is 10.7. The number of aromatic nitrogens is 2. The number of carbonyl (C=O) groups is 1. The Bertz CT molecular complexity index is 1110. The van der Waals surface area contributed by atoms with E-state index in [1.54, 1.807) is 25.3 Å². The molecule has 0 saturated carbocycles. The Labute approximate surface area is 200 Å². The molecule has 10 heteroatoms. The number of nitrogens with zero attached hydrogens (tertiary/aromatic N) is 4. The molecule has 2 aromatic carbocycles. The summed E-state index contributed by atoms with van der Waals surface area (Å²) >= 11 is 7.38. The first-order valence-corrected chi connectivity index (χ1v) is 11.7. The molecular formula is C23H23ClFN5O2S. The molecular weight excluding hydrogens is 465 g/mol. The minimum Gasteiger partial charge on any atom is -0.497 e. The van der Waals surface area contributed by atoms with E-state index in [1.165, 1.54) is 12.1 Å². The van der Waals surface area contributed by atoms with Crippen LogP contribution in [0.3, 0.4) is 0 Å². The number of methoxy groups -OCH3 is 1. The molecule has 0 aliphatic carbocycles. The number of halogens is 2. The lowest BCUT2D eigenvalue weighted by atomic mass is 10.2. The zero-order valence-corrected chi connectivity index (χ0v) is 19.6. The van der Waals surface area contributed by atoms with Crippen LogP contribution < -0.4 is 19.9 Å². The number of amides is 1. The van der Waals surface area contributed by atoms with Crippen molar-refractivity contribution in [1.29, 1.82) is 0 Å². The number of para-hydroxylation sites is 1. The number of piperazine rings is 1. The Hall–Kier alpha value is -3.04. The van der Waals surface area contributed by atoms with Crippen molar-refractivity contribution in [2.75, 3.05) is 54.2 Å². The Balaban J connectivity index is 1.34. The summed E-state index contributed by atoms with van der Waals surface area (Å²) < 4.78 is 18.9. The maximum Gasteiger partial charge on any atom is 0.234 e. The predicted molar refractivity (Wildman–Crippen MR) is 130 cm³/mol. The molecule has 33 heavy (non-hydrogen) atoms. The van der Waals surface area contributed by atoms with Gasteiger partial charge in [0.2, 0.25) is 5.91 Å². The molecule has 0 unspecified atom stereocenters. The molecule has 1 aliphatic rings. The largest absolute Gasteiger partial charge is 0.497 e. The van der Waals surface area contributed by atoms with Crippen LogP contribution in [0.2, 0.25) is 5.15 Å². The van der Waals surface area contributed by atoms with Gasteiger partial charge in [-0.25, -0.2) is 14.4 Å². The molecule has 1 N–H and O–H groups in total. The van der Waals surface area contributed by atoms with Crippen molar-refractivity contribution in [2.45, 2.75) is 5.16 Å². The average Bonchev–Trinajstić information content (AvgIpc) is 2.84. The minimum absolute atomic E-state index is 0.0410. The van der Waals surface area contributed by atoms with Gasteiger partial charge in [0.25, 0.3) is 0 Å². The lowest BCUT2D eigenvalue weighted by molar-refractivity contribution is -0.113. The molecule has 0 atom stereocenters. The topological polar surface area (TPSA) is 70.6 Å². The standard InChI is InChI=1S/C23H23ClFN5O2S/c1-32-17-8-6-16(7-9-17)29-10-12-30(13-11-29)21-14-20(24)27-23(28-21)33-15-22(31)26-19-5-3-2-4-18(19)25/h2-9,14H,10-13,15H2,1H3,(H,26,31). The highest BCUT2D eigenvalue weighted by Gasteiger charge is 2.20. The quantitative estimate of drug-likeness (QED) is 0.302. The van der Waals surface area contributed by atoms with Crippen LogP contribution in [-0.2, 0) is 4.79 Å². The number of hydrogen-bond donors (Lipinski definition) is 1. The van der Waals surface area contributed by atoms with E-state index in [1.807, 2.05) is 12.1 Å². The van der Waals surface area contributed by atoms with Crippen LogP contribution in [0.5, 0.6) is 5.75 Å². The smallest absolute Gasteiger partial charge is 0.234 e. The number of benzene rings is 2. The number of nitrogens with one attached hydrogen (secondary N) is 1. The van der Waals surface area contributed by atoms with Gasteiger partial charge in [-0.3, -0.25) is 4.79 Å². The fraction of sp³-hybridized carbons (Fsp3) is 0.261. The summed E-state index contributed by atoms with van der Waals surface area (Å²) in [6, 6.07) is 15.8. The first-order chi connectivity index (χ1) is 16.0. The van der Waals surface area contributed by atoms with Gasteiger partial charge in [0.1, 0.15) is 22.5 Å². The molecule has 7 nitrogen and oxygen atoms in total. The number of ether oxygens (including phenoxy) is 1. The Morgan fingerprint density at radius 1 is 1.09 bits per heavy atom. The zero-order valence-electron chi connectivity index (χ0n) is 18.0. The van der Waals surface area contributed by atoms with Crippen LogP contribution in [-0.4, -0.2) is 54.9 Å². The van der Waals surface area contributed by atoms with Crippen molar-refractivity contribution < 1.29 is 13.9 Å². The highest BCUT2D eigenvalue weighted by molar-refractivity contribution is 7.99. The van der Waals surface area contributed by atoms with Gasteiger partial charge in [0.05, 0.1) is 18.6 Å². The third-order valence-corrected chi connectivity index (χ3v) is 6.22. The summed E-state index contributed by atoms with van der Waals surface area (Å²) in [5.74, 6) is 0.774. The van der Waals surface area contributed by atoms with Crippen molar-refractivity contribution in [2.24, 2.45) is 0 Å². The van der Waals surface area contributed by atoms with E-state index in [0.717, 1.165) is 55.2 Å². The van der Waals surface area contributed by atoms with E-state index in [4.69, 9.17) is 16.3 Å². The maximum atomic E-state index is 13.7. The fourth-order valence-electron chi connectivity index (χ4n) is 3.48. The first-order valence-electron chi connectivity index (χ1n) is 10.4. The van der Waals surface area contributed by atoms with Crippen LogP contribution in [0.4, 0.5) is 21.6 Å². The molecule has 0 radical (unpaired) electrons. The van der Waals surface area contributed by atoms with E-state index in [-0.39, 0.29) is 17.3 Å². The molecule has 1 amide bonds. The van der Waals surface area contributed by atoms with Crippen molar-refractivity contribution in [1.82, 2.24) is 9.97 Å². The van der Waals surface area contributed by atoms with Gasteiger partial charge < -0.3 is 19.9 Å². The molecule has 1 aliphatic heterocycles. The molecule has 0 bridgehead atoms. The van der Waals surface area contributed by atoms with Gasteiger partial charge in [-0.05, 0) is 36.4 Å². The lowest BCUT2D eigenvalue weighted by Gasteiger charge is -2.36. The highest BCUT2D eigenvalue weighted by Crippen LogP contribution is 2.25. The number of thioether (sulfide) groups is 1. The summed E-state index contributed by atoms with van der Waals surface area (Å²) in [7, 11) is 1.66. The Morgan fingerprint density at radius 2 is 1.79 bits per heavy atom. The SMILES string of the molecule is COc1ccc(N2CCN(c3cc(Cl)nc(SCC(=O)Nc4ccccc4F)n3)CC2)cc1. The van der Waals surface area contributed by atoms with Gasteiger partial charge in [0.15, 0.2) is 5.16 Å². The van der Waals surface area contributed by atoms with Crippen molar-refractivity contribution in [3.63, 3.8) is 0 Å². The van der Waals surface area contributed by atoms with Crippen LogP contribution in [0.15, 0.2) is 59.8 Å².